The highest BCUT2D eigenvalue weighted by molar-refractivity contribution is 5.87. The van der Waals surface area contributed by atoms with E-state index in [1.807, 2.05) is 37.5 Å². The van der Waals surface area contributed by atoms with Crippen molar-refractivity contribution in [1.82, 2.24) is 40.4 Å². The number of carbonyl (C=O) groups is 3. The molecular weight excluding hydrogens is 709 g/mol. The Morgan fingerprint density at radius 3 is 1.59 bits per heavy atom. The van der Waals surface area contributed by atoms with E-state index in [0.29, 0.717) is 30.8 Å². The fourth-order valence-corrected chi connectivity index (χ4v) is 8.29. The van der Waals surface area contributed by atoms with Crippen LogP contribution in [0.2, 0.25) is 0 Å². The van der Waals surface area contributed by atoms with Crippen molar-refractivity contribution in [2.75, 3.05) is 27.3 Å². The number of H-pyrrole nitrogens is 2. The van der Waals surface area contributed by atoms with E-state index in [-0.39, 0.29) is 35.7 Å². The maximum atomic E-state index is 13.7. The van der Waals surface area contributed by atoms with Gasteiger partial charge in [0.25, 0.3) is 0 Å². The third-order valence-electron chi connectivity index (χ3n) is 11.8. The van der Waals surface area contributed by atoms with Crippen molar-refractivity contribution in [2.24, 2.45) is 11.8 Å². The number of hydrogen-bond acceptors (Lipinski definition) is 8. The van der Waals surface area contributed by atoms with E-state index in [2.05, 4.69) is 77.4 Å². The lowest BCUT2D eigenvalue weighted by Crippen LogP contribution is -2.51. The summed E-state index contributed by atoms with van der Waals surface area (Å²) in [5.74, 6) is 2.55. The van der Waals surface area contributed by atoms with Crippen LogP contribution in [0.4, 0.5) is 4.79 Å². The lowest BCUT2D eigenvalue weighted by molar-refractivity contribution is -0.136. The molecule has 2 fully saturated rings. The molecule has 2 aromatic heterocycles. The van der Waals surface area contributed by atoms with Crippen LogP contribution in [0.15, 0.2) is 48.9 Å². The minimum absolute atomic E-state index is 0.0373. The molecule has 13 heteroatoms. The lowest BCUT2D eigenvalue weighted by Gasteiger charge is -2.30. The third-order valence-corrected chi connectivity index (χ3v) is 11.8. The number of amides is 3. The van der Waals surface area contributed by atoms with Gasteiger partial charge in [0.05, 0.1) is 48.4 Å². The van der Waals surface area contributed by atoms with Gasteiger partial charge in [-0.05, 0) is 104 Å². The molecule has 0 saturated carbocycles. The molecule has 13 nitrogen and oxygen atoms in total. The molecule has 2 aromatic carbocycles. The molecule has 4 N–H and O–H groups in total. The molecule has 6 atom stereocenters. The Morgan fingerprint density at radius 2 is 1.18 bits per heavy atom. The molecule has 1 unspecified atom stereocenters. The van der Waals surface area contributed by atoms with Crippen LogP contribution in [0.1, 0.15) is 127 Å². The molecule has 0 spiro atoms. The standard InChI is InChI=1S/C43H60N8O5/c1-24(2)37(44-28(7)55-8)41(52)50-20-10-12-35(50)39-45-31-18-16-29(22-33(31)47-39)26(5)14-15-27(6)30-17-19-32-34(23-30)48-40(46-32)36-13-11-21-51(36)42(53)38(25(3)4)49-43(54)56-9/h16-19,22-27,35-38,44H,7,10-15,20-21H2,1-6,8-9H3,(H,45,47)(H,46,48)(H,49,54)/t26-,27-,35+,36+,37?,38+/m1/s1. The van der Waals surface area contributed by atoms with Crippen LogP contribution in [0.3, 0.4) is 0 Å². The Balaban J connectivity index is 1.09. The first-order valence-corrected chi connectivity index (χ1v) is 20.2. The highest BCUT2D eigenvalue weighted by Gasteiger charge is 2.39. The summed E-state index contributed by atoms with van der Waals surface area (Å²) >= 11 is 0. The van der Waals surface area contributed by atoms with Crippen LogP contribution in [0, 0.1) is 11.8 Å². The molecule has 56 heavy (non-hydrogen) atoms. The summed E-state index contributed by atoms with van der Waals surface area (Å²) in [6.07, 6.45) is 4.88. The summed E-state index contributed by atoms with van der Waals surface area (Å²) in [7, 11) is 2.85. The van der Waals surface area contributed by atoms with E-state index in [1.54, 1.807) is 7.11 Å². The Morgan fingerprint density at radius 1 is 0.732 bits per heavy atom. The highest BCUT2D eigenvalue weighted by Crippen LogP contribution is 2.36. The number of nitrogens with one attached hydrogen (secondary N) is 4. The molecule has 4 heterocycles. The third kappa shape index (κ3) is 8.66. The average molecular weight is 769 g/mol. The van der Waals surface area contributed by atoms with Crippen LogP contribution in [-0.4, -0.2) is 87.0 Å². The Kier molecular flexibility index (Phi) is 12.6. The van der Waals surface area contributed by atoms with Gasteiger partial charge in [0.15, 0.2) is 5.88 Å². The number of methoxy groups -OCH3 is 2. The van der Waals surface area contributed by atoms with Crippen molar-refractivity contribution in [3.8, 4) is 0 Å². The number of rotatable bonds is 15. The maximum absolute atomic E-state index is 13.7. The quantitative estimate of drug-likeness (QED) is 0.0903. The molecule has 6 rings (SSSR count). The first kappa shape index (κ1) is 40.6. The number of aromatic amines is 2. The van der Waals surface area contributed by atoms with Gasteiger partial charge in [0, 0.05) is 13.1 Å². The Bertz CT molecular complexity index is 1890. The fourth-order valence-electron chi connectivity index (χ4n) is 8.29. The molecule has 2 saturated heterocycles. The van der Waals surface area contributed by atoms with E-state index in [0.717, 1.165) is 72.2 Å². The zero-order valence-electron chi connectivity index (χ0n) is 34.3. The van der Waals surface area contributed by atoms with Crippen molar-refractivity contribution in [1.29, 1.82) is 0 Å². The van der Waals surface area contributed by atoms with Crippen LogP contribution >= 0.6 is 0 Å². The summed E-state index contributed by atoms with van der Waals surface area (Å²) in [6, 6.07) is 11.5. The normalized spacial score (nSPS) is 19.4. The number of hydrogen-bond donors (Lipinski definition) is 4. The monoisotopic (exact) mass is 768 g/mol. The van der Waals surface area contributed by atoms with Crippen LogP contribution in [-0.2, 0) is 19.1 Å². The topological polar surface area (TPSA) is 158 Å². The van der Waals surface area contributed by atoms with Crippen molar-refractivity contribution in [3.05, 3.63) is 71.6 Å². The van der Waals surface area contributed by atoms with E-state index < -0.39 is 18.2 Å². The van der Waals surface area contributed by atoms with Gasteiger partial charge in [-0.2, -0.15) is 0 Å². The van der Waals surface area contributed by atoms with Crippen LogP contribution < -0.4 is 10.6 Å². The maximum Gasteiger partial charge on any atom is 0.407 e. The van der Waals surface area contributed by atoms with Crippen molar-refractivity contribution in [2.45, 2.75) is 116 Å². The molecule has 0 radical (unpaired) electrons. The molecule has 2 aliphatic heterocycles. The Labute approximate surface area is 330 Å². The van der Waals surface area contributed by atoms with Crippen molar-refractivity contribution >= 4 is 40.0 Å². The smallest absolute Gasteiger partial charge is 0.407 e. The van der Waals surface area contributed by atoms with Gasteiger partial charge in [-0.1, -0.05) is 53.7 Å². The summed E-state index contributed by atoms with van der Waals surface area (Å²) < 4.78 is 10.0. The number of aromatic nitrogens is 4. The number of imidazole rings is 2. The number of nitrogens with zero attached hydrogens (tertiary/aromatic N) is 4. The van der Waals surface area contributed by atoms with Gasteiger partial charge >= 0.3 is 6.09 Å². The SMILES string of the molecule is C=C(NC(C(=O)N1CCC[C@H]1c1nc2ccc([C@H](C)CC[C@@H](C)c3ccc4nc([C@@H]5CCCN5C(=O)[C@@H](NC(=O)OC)C(C)C)[nH]c4c3)cc2[nH]1)C(C)C)OC. The lowest BCUT2D eigenvalue weighted by atomic mass is 9.89. The predicted octanol–water partition coefficient (Wildman–Crippen LogP) is 7.57. The van der Waals surface area contributed by atoms with Gasteiger partial charge in [-0.25, -0.2) is 14.8 Å². The van der Waals surface area contributed by atoms with E-state index in [9.17, 15) is 14.4 Å². The first-order valence-electron chi connectivity index (χ1n) is 20.2. The molecular formula is C43H60N8O5. The zero-order chi connectivity index (χ0) is 40.3. The summed E-state index contributed by atoms with van der Waals surface area (Å²) in [6.45, 7) is 17.6. The van der Waals surface area contributed by atoms with Crippen molar-refractivity contribution in [3.63, 3.8) is 0 Å². The van der Waals surface area contributed by atoms with Gasteiger partial charge in [0.1, 0.15) is 23.7 Å². The summed E-state index contributed by atoms with van der Waals surface area (Å²) in [5, 5.41) is 5.88. The minimum Gasteiger partial charge on any atom is -0.483 e. The zero-order valence-corrected chi connectivity index (χ0v) is 34.3. The number of likely N-dealkylation sites (tertiary alicyclic amines) is 2. The van der Waals surface area contributed by atoms with Crippen molar-refractivity contribution < 1.29 is 23.9 Å². The second-order valence-electron chi connectivity index (χ2n) is 16.4. The van der Waals surface area contributed by atoms with Gasteiger partial charge in [0.2, 0.25) is 11.8 Å². The Hall–Kier alpha value is -5.07. The van der Waals surface area contributed by atoms with E-state index >= 15 is 0 Å². The van der Waals surface area contributed by atoms with Crippen LogP contribution in [0.5, 0.6) is 0 Å². The van der Waals surface area contributed by atoms with Gasteiger partial charge in [-0.3, -0.25) is 9.59 Å². The highest BCUT2D eigenvalue weighted by atomic mass is 16.5. The minimum atomic E-state index is -0.671. The predicted molar refractivity (Wildman–Crippen MR) is 218 cm³/mol. The van der Waals surface area contributed by atoms with E-state index in [1.165, 1.54) is 18.2 Å². The van der Waals surface area contributed by atoms with Gasteiger partial charge < -0.3 is 39.9 Å². The van der Waals surface area contributed by atoms with Gasteiger partial charge in [-0.15, -0.1) is 0 Å². The van der Waals surface area contributed by atoms with E-state index in [4.69, 9.17) is 19.4 Å². The average Bonchev–Trinajstić information content (AvgIpc) is 4.01. The number of carbonyl (C=O) groups excluding carboxylic acids is 3. The second-order valence-corrected chi connectivity index (χ2v) is 16.4. The second kappa shape index (κ2) is 17.4. The summed E-state index contributed by atoms with van der Waals surface area (Å²) in [4.78, 5) is 60.1. The number of alkyl carbamates (subject to hydrolysis) is 1. The van der Waals surface area contributed by atoms with Crippen LogP contribution in [0.25, 0.3) is 22.1 Å². The molecule has 4 aromatic rings. The number of ether oxygens (including phenoxy) is 2. The summed E-state index contributed by atoms with van der Waals surface area (Å²) in [5.41, 5.74) is 6.24. The fraction of sp³-hybridized carbons (Fsp3) is 0.558. The molecule has 3 amide bonds. The number of fused-ring (bicyclic) bond motifs is 2. The molecule has 302 valence electrons. The molecule has 0 aliphatic carbocycles. The first-order chi connectivity index (χ1) is 26.8. The number of benzene rings is 2. The largest absolute Gasteiger partial charge is 0.483 e. The molecule has 2 aliphatic rings. The molecule has 0 bridgehead atoms.